The van der Waals surface area contributed by atoms with Crippen molar-refractivity contribution in [2.45, 2.75) is 26.3 Å². The molecular weight excluding hydrogens is 410 g/mol. The number of ether oxygens (including phenoxy) is 3. The number of hydrogen-bond acceptors (Lipinski definition) is 7. The normalized spacial score (nSPS) is 17.5. The van der Waals surface area contributed by atoms with Crippen LogP contribution >= 0.6 is 0 Å². The summed E-state index contributed by atoms with van der Waals surface area (Å²) in [6.07, 6.45) is 0.525. The molecule has 0 aliphatic carbocycles. The molecule has 2 aromatic rings. The van der Waals surface area contributed by atoms with Gasteiger partial charge in [0, 0.05) is 23.0 Å². The summed E-state index contributed by atoms with van der Waals surface area (Å²) in [7, 11) is -0.175. The van der Waals surface area contributed by atoms with Gasteiger partial charge in [0.2, 0.25) is 5.78 Å². The second kappa shape index (κ2) is 8.51. The summed E-state index contributed by atoms with van der Waals surface area (Å²) in [6.45, 7) is 3.17. The fraction of sp³-hybridized carbons (Fsp3) is 0.429. The topological polar surface area (TPSA) is 101 Å². The largest absolute Gasteiger partial charge is 0.493 e. The molecule has 9 heteroatoms. The van der Waals surface area contributed by atoms with E-state index in [1.165, 1.54) is 20.3 Å². The molecule has 1 aliphatic rings. The second-order valence-corrected chi connectivity index (χ2v) is 9.48. The SMILES string of the molecule is COc1cccc(C(=O)OCC(=O)c2cc(C)n([C@@H]3CCS(=O)(=O)C3)c2C)c1OC. The molecule has 1 saturated heterocycles. The Morgan fingerprint density at radius 2 is 1.87 bits per heavy atom. The molecule has 1 atom stereocenters. The Labute approximate surface area is 175 Å². The van der Waals surface area contributed by atoms with E-state index in [1.54, 1.807) is 25.1 Å². The maximum Gasteiger partial charge on any atom is 0.342 e. The van der Waals surface area contributed by atoms with Crippen molar-refractivity contribution >= 4 is 21.6 Å². The first-order valence-electron chi connectivity index (χ1n) is 9.48. The minimum absolute atomic E-state index is 0.0710. The number of para-hydroxylation sites is 1. The summed E-state index contributed by atoms with van der Waals surface area (Å²) in [4.78, 5) is 25.2. The molecule has 0 unspecified atom stereocenters. The molecule has 3 rings (SSSR count). The minimum Gasteiger partial charge on any atom is -0.493 e. The summed E-state index contributed by atoms with van der Waals surface area (Å²) >= 11 is 0. The molecule has 0 bridgehead atoms. The number of Topliss-reactive ketones (excluding diaryl/α,β-unsaturated/α-hetero) is 1. The molecule has 0 spiro atoms. The molecule has 0 saturated carbocycles. The number of ketones is 1. The minimum atomic E-state index is -3.05. The molecule has 1 aromatic heterocycles. The number of sulfone groups is 1. The van der Waals surface area contributed by atoms with Crippen molar-refractivity contribution in [2.24, 2.45) is 0 Å². The van der Waals surface area contributed by atoms with Crippen LogP contribution < -0.4 is 9.47 Å². The van der Waals surface area contributed by atoms with Gasteiger partial charge >= 0.3 is 5.97 Å². The van der Waals surface area contributed by atoms with Gasteiger partial charge in [0.1, 0.15) is 5.56 Å². The van der Waals surface area contributed by atoms with E-state index in [0.717, 1.165) is 5.69 Å². The first-order valence-corrected chi connectivity index (χ1v) is 11.3. The highest BCUT2D eigenvalue weighted by Gasteiger charge is 2.32. The number of methoxy groups -OCH3 is 2. The summed E-state index contributed by atoms with van der Waals surface area (Å²) in [6, 6.07) is 6.34. The maximum atomic E-state index is 12.7. The molecule has 0 N–H and O–H groups in total. The van der Waals surface area contributed by atoms with Gasteiger partial charge in [-0.05, 0) is 38.5 Å². The van der Waals surface area contributed by atoms with Crippen LogP contribution in [0.1, 0.15) is 44.6 Å². The van der Waals surface area contributed by atoms with Crippen LogP contribution in [0.5, 0.6) is 11.5 Å². The molecule has 8 nitrogen and oxygen atoms in total. The molecule has 0 radical (unpaired) electrons. The zero-order valence-electron chi connectivity index (χ0n) is 17.4. The van der Waals surface area contributed by atoms with Crippen molar-refractivity contribution in [1.82, 2.24) is 4.57 Å². The van der Waals surface area contributed by atoms with Crippen LogP contribution in [0.4, 0.5) is 0 Å². The van der Waals surface area contributed by atoms with Gasteiger partial charge in [-0.2, -0.15) is 0 Å². The molecule has 1 aromatic carbocycles. The van der Waals surface area contributed by atoms with Gasteiger partial charge in [-0.25, -0.2) is 13.2 Å². The number of hydrogen-bond donors (Lipinski definition) is 0. The quantitative estimate of drug-likeness (QED) is 0.486. The third-order valence-electron chi connectivity index (χ3n) is 5.32. The number of esters is 1. The Morgan fingerprint density at radius 3 is 2.47 bits per heavy atom. The Kier molecular flexibility index (Phi) is 6.21. The van der Waals surface area contributed by atoms with Crippen molar-refractivity contribution < 1.29 is 32.2 Å². The zero-order chi connectivity index (χ0) is 22.1. The number of aromatic nitrogens is 1. The van der Waals surface area contributed by atoms with E-state index in [2.05, 4.69) is 0 Å². The zero-order valence-corrected chi connectivity index (χ0v) is 18.2. The van der Waals surface area contributed by atoms with Gasteiger partial charge in [-0.15, -0.1) is 0 Å². The van der Waals surface area contributed by atoms with E-state index in [-0.39, 0.29) is 34.6 Å². The van der Waals surface area contributed by atoms with Crippen molar-refractivity contribution in [2.75, 3.05) is 32.3 Å². The lowest BCUT2D eigenvalue weighted by Gasteiger charge is -2.16. The van der Waals surface area contributed by atoms with E-state index < -0.39 is 22.4 Å². The third-order valence-corrected chi connectivity index (χ3v) is 7.07. The highest BCUT2D eigenvalue weighted by atomic mass is 32.2. The molecular formula is C21H25NO7S. The lowest BCUT2D eigenvalue weighted by atomic mass is 10.1. The lowest BCUT2D eigenvalue weighted by Crippen LogP contribution is -2.17. The third kappa shape index (κ3) is 4.21. The Morgan fingerprint density at radius 1 is 1.13 bits per heavy atom. The molecule has 2 heterocycles. The van der Waals surface area contributed by atoms with E-state index in [1.807, 2.05) is 11.5 Å². The smallest absolute Gasteiger partial charge is 0.342 e. The molecule has 1 fully saturated rings. The van der Waals surface area contributed by atoms with Gasteiger partial charge in [0.25, 0.3) is 0 Å². The van der Waals surface area contributed by atoms with Crippen LogP contribution in [0.25, 0.3) is 0 Å². The Hall–Kier alpha value is -2.81. The molecule has 162 valence electrons. The van der Waals surface area contributed by atoms with Crippen LogP contribution in [0.15, 0.2) is 24.3 Å². The Balaban J connectivity index is 1.75. The standard InChI is InChI=1S/C21H25NO7S/c1-13-10-17(14(2)22(13)15-8-9-30(25,26)12-15)18(23)11-29-21(24)16-6-5-7-19(27-3)20(16)28-4/h5-7,10,15H,8-9,11-12H2,1-4H3/t15-/m1/s1. The summed E-state index contributed by atoms with van der Waals surface area (Å²) < 4.78 is 41.2. The average molecular weight is 435 g/mol. The molecule has 30 heavy (non-hydrogen) atoms. The number of aryl methyl sites for hydroxylation is 1. The predicted molar refractivity (Wildman–Crippen MR) is 110 cm³/mol. The van der Waals surface area contributed by atoms with Gasteiger partial charge in [0.05, 0.1) is 25.7 Å². The van der Waals surface area contributed by atoms with E-state index in [0.29, 0.717) is 23.4 Å². The Bertz CT molecular complexity index is 1090. The highest BCUT2D eigenvalue weighted by molar-refractivity contribution is 7.91. The van der Waals surface area contributed by atoms with Gasteiger partial charge < -0.3 is 18.8 Å². The monoisotopic (exact) mass is 435 g/mol. The van der Waals surface area contributed by atoms with Gasteiger partial charge in [0.15, 0.2) is 27.9 Å². The van der Waals surface area contributed by atoms with Crippen LogP contribution in [-0.4, -0.2) is 57.1 Å². The molecule has 1 aliphatic heterocycles. The van der Waals surface area contributed by atoms with Crippen molar-refractivity contribution in [1.29, 1.82) is 0 Å². The second-order valence-electron chi connectivity index (χ2n) is 7.25. The first kappa shape index (κ1) is 21.9. The fourth-order valence-electron chi connectivity index (χ4n) is 3.93. The van der Waals surface area contributed by atoms with Crippen molar-refractivity contribution in [3.8, 4) is 11.5 Å². The lowest BCUT2D eigenvalue weighted by molar-refractivity contribution is 0.0470. The predicted octanol–water partition coefficient (Wildman–Crippen LogP) is 2.52. The van der Waals surface area contributed by atoms with Crippen LogP contribution in [0.2, 0.25) is 0 Å². The number of carbonyl (C=O) groups is 2. The average Bonchev–Trinajstić information content (AvgIpc) is 3.22. The first-order chi connectivity index (χ1) is 14.2. The number of rotatable bonds is 7. The fourth-order valence-corrected chi connectivity index (χ4v) is 5.63. The number of benzene rings is 1. The number of carbonyl (C=O) groups excluding carboxylic acids is 2. The summed E-state index contributed by atoms with van der Waals surface area (Å²) in [5, 5.41) is 0. The summed E-state index contributed by atoms with van der Waals surface area (Å²) in [5.41, 5.74) is 2.06. The van der Waals surface area contributed by atoms with E-state index >= 15 is 0 Å². The van der Waals surface area contributed by atoms with Crippen LogP contribution in [0.3, 0.4) is 0 Å². The van der Waals surface area contributed by atoms with E-state index in [4.69, 9.17) is 14.2 Å². The summed E-state index contributed by atoms with van der Waals surface area (Å²) in [5.74, 6) is -0.216. The van der Waals surface area contributed by atoms with Gasteiger partial charge in [-0.1, -0.05) is 6.07 Å². The maximum absolute atomic E-state index is 12.7. The van der Waals surface area contributed by atoms with Gasteiger partial charge in [-0.3, -0.25) is 4.79 Å². The van der Waals surface area contributed by atoms with Crippen LogP contribution in [0, 0.1) is 13.8 Å². The van der Waals surface area contributed by atoms with Crippen LogP contribution in [-0.2, 0) is 14.6 Å². The van der Waals surface area contributed by atoms with Crippen molar-refractivity contribution in [3.05, 3.63) is 46.8 Å². The van der Waals surface area contributed by atoms with Crippen molar-refractivity contribution in [3.63, 3.8) is 0 Å². The highest BCUT2D eigenvalue weighted by Crippen LogP contribution is 2.32. The molecule has 0 amide bonds. The number of nitrogens with zero attached hydrogens (tertiary/aromatic N) is 1. The van der Waals surface area contributed by atoms with E-state index in [9.17, 15) is 18.0 Å².